The molecule has 8 heteroatoms. The summed E-state index contributed by atoms with van der Waals surface area (Å²) in [5, 5.41) is 0. The molecule has 0 fully saturated rings. The Balaban J connectivity index is 1.95. The summed E-state index contributed by atoms with van der Waals surface area (Å²) in [5.74, 6) is 1.19. The van der Waals surface area contributed by atoms with E-state index in [-0.39, 0.29) is 5.91 Å². The van der Waals surface area contributed by atoms with Crippen molar-refractivity contribution in [1.29, 1.82) is 0 Å². The van der Waals surface area contributed by atoms with Crippen LogP contribution >= 0.6 is 32.9 Å². The van der Waals surface area contributed by atoms with E-state index in [4.69, 9.17) is 26.4 Å². The fraction of sp³-hybridized carbons (Fsp3) is 0.304. The molecule has 1 amide bonds. The van der Waals surface area contributed by atoms with Gasteiger partial charge in [-0.05, 0) is 44.5 Å². The molecule has 5 nitrogen and oxygen atoms in total. The van der Waals surface area contributed by atoms with E-state index in [1.165, 1.54) is 0 Å². The average molecular weight is 474 g/mol. The number of fused-ring (bicyclic) bond motifs is 3. The maximum absolute atomic E-state index is 14.0. The number of nitrogens with zero attached hydrogens (tertiary/aromatic N) is 1. The number of hydrogen-bond acceptors (Lipinski definition) is 7. The molecule has 0 bridgehead atoms. The van der Waals surface area contributed by atoms with Crippen LogP contribution in [0, 0.1) is 10.7 Å². The van der Waals surface area contributed by atoms with Crippen LogP contribution in [-0.4, -0.2) is 27.2 Å². The fourth-order valence-electron chi connectivity index (χ4n) is 4.03. The van der Waals surface area contributed by atoms with Gasteiger partial charge in [-0.2, -0.15) is 0 Å². The monoisotopic (exact) mass is 473 g/mol. The van der Waals surface area contributed by atoms with Crippen molar-refractivity contribution in [3.63, 3.8) is 0 Å². The maximum atomic E-state index is 14.0. The molecule has 0 unspecified atom stereocenters. The first-order chi connectivity index (χ1) is 14.7. The van der Waals surface area contributed by atoms with Gasteiger partial charge in [0.05, 0.1) is 37.4 Å². The Morgan fingerprint density at radius 1 is 1.00 bits per heavy atom. The zero-order valence-corrected chi connectivity index (χ0v) is 20.6. The number of hydrogen-bond donors (Lipinski definition) is 0. The summed E-state index contributed by atoms with van der Waals surface area (Å²) in [6.07, 6.45) is 0. The minimum atomic E-state index is -0.578. The smallest absolute Gasteiger partial charge is 0.259 e. The van der Waals surface area contributed by atoms with E-state index < -0.39 is 5.54 Å². The Morgan fingerprint density at radius 3 is 2.23 bits per heavy atom. The van der Waals surface area contributed by atoms with Gasteiger partial charge in [0.15, 0.2) is 11.5 Å². The van der Waals surface area contributed by atoms with Crippen LogP contribution in [0.25, 0.3) is 11.1 Å². The number of ether oxygens (including phenoxy) is 3. The van der Waals surface area contributed by atoms with Gasteiger partial charge < -0.3 is 14.2 Å². The van der Waals surface area contributed by atoms with Crippen molar-refractivity contribution in [3.8, 4) is 28.4 Å². The van der Waals surface area contributed by atoms with Crippen molar-refractivity contribution in [2.75, 3.05) is 26.2 Å². The number of anilines is 1. The molecule has 1 aliphatic heterocycles. The van der Waals surface area contributed by atoms with E-state index >= 15 is 0 Å². The molecular weight excluding hydrogens is 450 g/mol. The van der Waals surface area contributed by atoms with Gasteiger partial charge in [0, 0.05) is 16.7 Å². The second kappa shape index (κ2) is 7.93. The molecule has 1 aliphatic rings. The highest BCUT2D eigenvalue weighted by Crippen LogP contribution is 2.53. The predicted molar refractivity (Wildman–Crippen MR) is 129 cm³/mol. The maximum Gasteiger partial charge on any atom is 0.259 e. The highest BCUT2D eigenvalue weighted by Gasteiger charge is 2.43. The van der Waals surface area contributed by atoms with Gasteiger partial charge in [0.1, 0.15) is 3.82 Å². The van der Waals surface area contributed by atoms with Crippen molar-refractivity contribution in [2.24, 2.45) is 0 Å². The standard InChI is InChI=1S/C23H23NO4S3/c1-12-7-8-14-15(9-12)24(23(2,3)20-18(14)22(29)31-30-20)21(25)13-10-16(26-4)19(28-6)17(11-13)27-5/h7-11H,1-6H3. The molecular formula is C23H23NO4S3. The summed E-state index contributed by atoms with van der Waals surface area (Å²) in [6.45, 7) is 6.14. The molecule has 31 heavy (non-hydrogen) atoms. The SMILES string of the molecule is COc1cc(C(=O)N2c3cc(C)ccc3-c3c(ssc3=S)C2(C)C)cc(OC)c1OC. The number of rotatable bonds is 4. The molecule has 0 spiro atoms. The molecule has 0 saturated heterocycles. The molecule has 2 heterocycles. The summed E-state index contributed by atoms with van der Waals surface area (Å²) in [6, 6.07) is 9.55. The van der Waals surface area contributed by atoms with Crippen LogP contribution in [0.5, 0.6) is 17.2 Å². The normalized spacial score (nSPS) is 13.9. The number of carbonyl (C=O) groups is 1. The van der Waals surface area contributed by atoms with Crippen molar-refractivity contribution in [2.45, 2.75) is 26.3 Å². The highest BCUT2D eigenvalue weighted by atomic mass is 32.9. The lowest BCUT2D eigenvalue weighted by atomic mass is 9.86. The first kappa shape index (κ1) is 21.8. The molecule has 162 valence electrons. The van der Waals surface area contributed by atoms with Gasteiger partial charge >= 0.3 is 0 Å². The number of methoxy groups -OCH3 is 3. The van der Waals surface area contributed by atoms with Crippen molar-refractivity contribution in [3.05, 3.63) is 50.2 Å². The first-order valence-electron chi connectivity index (χ1n) is 9.63. The Hall–Kier alpha value is -2.42. The van der Waals surface area contributed by atoms with Crippen molar-refractivity contribution < 1.29 is 19.0 Å². The van der Waals surface area contributed by atoms with Crippen molar-refractivity contribution in [1.82, 2.24) is 0 Å². The topological polar surface area (TPSA) is 48.0 Å². The predicted octanol–water partition coefficient (Wildman–Crippen LogP) is 6.44. The Kier molecular flexibility index (Phi) is 5.57. The summed E-state index contributed by atoms with van der Waals surface area (Å²) >= 11 is 5.65. The minimum absolute atomic E-state index is 0.147. The lowest BCUT2D eigenvalue weighted by molar-refractivity contribution is 0.0961. The molecule has 1 aromatic heterocycles. The van der Waals surface area contributed by atoms with Gasteiger partial charge in [-0.1, -0.05) is 45.0 Å². The van der Waals surface area contributed by atoms with Crippen LogP contribution in [0.1, 0.15) is 34.6 Å². The molecule has 0 aliphatic carbocycles. The lowest BCUT2D eigenvalue weighted by Gasteiger charge is -2.43. The molecule has 3 aromatic rings. The van der Waals surface area contributed by atoms with Crippen LogP contribution in [0.15, 0.2) is 30.3 Å². The first-order valence-corrected chi connectivity index (χ1v) is 12.2. The average Bonchev–Trinajstić information content (AvgIpc) is 3.14. The molecule has 2 aromatic carbocycles. The van der Waals surface area contributed by atoms with Crippen LogP contribution < -0.4 is 19.1 Å². The Labute approximate surface area is 194 Å². The Bertz CT molecular complexity index is 1220. The van der Waals surface area contributed by atoms with E-state index in [0.29, 0.717) is 22.8 Å². The van der Waals surface area contributed by atoms with Gasteiger partial charge in [-0.3, -0.25) is 9.69 Å². The van der Waals surface area contributed by atoms with E-state index in [1.807, 2.05) is 17.9 Å². The van der Waals surface area contributed by atoms with Crippen LogP contribution in [0.2, 0.25) is 0 Å². The molecule has 0 radical (unpaired) electrons. The van der Waals surface area contributed by atoms with Crippen LogP contribution in [0.3, 0.4) is 0 Å². The second-order valence-corrected chi connectivity index (χ2v) is 10.6. The molecule has 0 atom stereocenters. The zero-order chi connectivity index (χ0) is 22.5. The molecule has 0 saturated carbocycles. The summed E-state index contributed by atoms with van der Waals surface area (Å²) in [4.78, 5) is 17.0. The molecule has 4 rings (SSSR count). The Morgan fingerprint density at radius 2 is 1.65 bits per heavy atom. The van der Waals surface area contributed by atoms with Crippen LogP contribution in [0.4, 0.5) is 5.69 Å². The van der Waals surface area contributed by atoms with Gasteiger partial charge in [0.25, 0.3) is 5.91 Å². The third-order valence-electron chi connectivity index (χ3n) is 5.52. The fourth-order valence-corrected chi connectivity index (χ4v) is 7.31. The van der Waals surface area contributed by atoms with E-state index in [9.17, 15) is 4.79 Å². The third-order valence-corrected chi connectivity index (χ3v) is 8.85. The summed E-state index contributed by atoms with van der Waals surface area (Å²) < 4.78 is 17.2. The zero-order valence-electron chi connectivity index (χ0n) is 18.2. The van der Waals surface area contributed by atoms with Gasteiger partial charge in [0.2, 0.25) is 5.75 Å². The second-order valence-electron chi connectivity index (χ2n) is 7.79. The number of benzene rings is 2. The summed E-state index contributed by atoms with van der Waals surface area (Å²) in [7, 11) is 7.84. The van der Waals surface area contributed by atoms with Crippen LogP contribution in [-0.2, 0) is 5.54 Å². The van der Waals surface area contributed by atoms with E-state index in [1.54, 1.807) is 54.1 Å². The van der Waals surface area contributed by atoms with Gasteiger partial charge in [-0.15, -0.1) is 0 Å². The number of aryl methyl sites for hydroxylation is 1. The number of amides is 1. The third kappa shape index (κ3) is 3.33. The molecule has 0 N–H and O–H groups in total. The quantitative estimate of drug-likeness (QED) is 0.322. The summed E-state index contributed by atoms with van der Waals surface area (Å²) in [5.41, 5.74) is 3.86. The van der Waals surface area contributed by atoms with E-state index in [2.05, 4.69) is 26.0 Å². The minimum Gasteiger partial charge on any atom is -0.493 e. The number of carbonyl (C=O) groups excluding carboxylic acids is 1. The van der Waals surface area contributed by atoms with E-state index in [0.717, 1.165) is 31.1 Å². The highest BCUT2D eigenvalue weighted by molar-refractivity contribution is 7.80. The van der Waals surface area contributed by atoms with Gasteiger partial charge in [-0.25, -0.2) is 0 Å². The largest absolute Gasteiger partial charge is 0.493 e. The van der Waals surface area contributed by atoms with Crippen molar-refractivity contribution >= 4 is 44.5 Å². The lowest BCUT2D eigenvalue weighted by Crippen LogP contribution is -2.47.